The van der Waals surface area contributed by atoms with E-state index in [0.717, 1.165) is 5.92 Å². The van der Waals surface area contributed by atoms with E-state index in [2.05, 4.69) is 65.0 Å². The third kappa shape index (κ3) is 3.49. The lowest BCUT2D eigenvalue weighted by molar-refractivity contribution is 0.225. The van der Waals surface area contributed by atoms with Gasteiger partial charge in [0.2, 0.25) is 0 Å². The topological polar surface area (TPSA) is 0 Å². The number of benzene rings is 1. The van der Waals surface area contributed by atoms with Crippen molar-refractivity contribution in [3.63, 3.8) is 0 Å². The molecule has 1 aliphatic rings. The second-order valence-electron chi connectivity index (χ2n) is 7.35. The molecular weight excluding hydrogens is 228 g/mol. The highest BCUT2D eigenvalue weighted by Gasteiger charge is 2.26. The average molecular weight is 256 g/mol. The summed E-state index contributed by atoms with van der Waals surface area (Å²) in [6.07, 6.45) is 6.30. The van der Waals surface area contributed by atoms with Gasteiger partial charge in [-0.15, -0.1) is 0 Å². The lowest BCUT2D eigenvalue weighted by Crippen LogP contribution is -2.21. The molecule has 1 aliphatic carbocycles. The lowest BCUT2D eigenvalue weighted by Gasteiger charge is -2.33. The number of hydrogen-bond acceptors (Lipinski definition) is 0. The quantitative estimate of drug-likeness (QED) is 0.605. The first-order valence-electron chi connectivity index (χ1n) is 7.67. The van der Waals surface area contributed by atoms with Gasteiger partial charge in [-0.25, -0.2) is 0 Å². The fraction of sp³-hybridized carbons (Fsp3) is 0.579. The van der Waals surface area contributed by atoms with Crippen LogP contribution in [-0.2, 0) is 0 Å². The van der Waals surface area contributed by atoms with Crippen LogP contribution < -0.4 is 0 Å². The Bertz CT molecular complexity index is 457. The zero-order valence-electron chi connectivity index (χ0n) is 13.2. The minimum atomic E-state index is 0.446. The Labute approximate surface area is 118 Å². The van der Waals surface area contributed by atoms with Crippen LogP contribution in [0.15, 0.2) is 30.3 Å². The highest BCUT2D eigenvalue weighted by molar-refractivity contribution is 5.66. The Kier molecular flexibility index (Phi) is 4.18. The predicted molar refractivity (Wildman–Crippen MR) is 85.3 cm³/mol. The molecule has 0 saturated carbocycles. The SMILES string of the molecule is CC(C)c1cccc(C2=CCC(C(C)(C)C)CC2)c1. The van der Waals surface area contributed by atoms with Crippen molar-refractivity contribution in [1.82, 2.24) is 0 Å². The Morgan fingerprint density at radius 2 is 1.89 bits per heavy atom. The van der Waals surface area contributed by atoms with E-state index in [1.807, 2.05) is 0 Å². The van der Waals surface area contributed by atoms with Crippen molar-refractivity contribution in [3.05, 3.63) is 41.5 Å². The van der Waals surface area contributed by atoms with Gasteiger partial charge in [-0.1, -0.05) is 65.0 Å². The average Bonchev–Trinajstić information content (AvgIpc) is 2.38. The van der Waals surface area contributed by atoms with Crippen molar-refractivity contribution < 1.29 is 0 Å². The maximum Gasteiger partial charge on any atom is -0.0219 e. The Hall–Kier alpha value is -1.04. The Morgan fingerprint density at radius 3 is 2.42 bits per heavy atom. The summed E-state index contributed by atoms with van der Waals surface area (Å²) >= 11 is 0. The van der Waals surface area contributed by atoms with Gasteiger partial charge in [-0.3, -0.25) is 0 Å². The van der Waals surface area contributed by atoms with E-state index in [9.17, 15) is 0 Å². The highest BCUT2D eigenvalue weighted by atomic mass is 14.3. The van der Waals surface area contributed by atoms with Crippen molar-refractivity contribution in [3.8, 4) is 0 Å². The maximum atomic E-state index is 2.48. The molecule has 0 fully saturated rings. The first kappa shape index (κ1) is 14.4. The van der Waals surface area contributed by atoms with Crippen LogP contribution in [0.2, 0.25) is 0 Å². The summed E-state index contributed by atoms with van der Waals surface area (Å²) in [5.41, 5.74) is 4.90. The molecule has 0 N–H and O–H groups in total. The molecule has 19 heavy (non-hydrogen) atoms. The summed E-state index contributed by atoms with van der Waals surface area (Å²) in [6, 6.07) is 9.11. The van der Waals surface area contributed by atoms with E-state index in [4.69, 9.17) is 0 Å². The van der Waals surface area contributed by atoms with Gasteiger partial charge in [-0.2, -0.15) is 0 Å². The van der Waals surface area contributed by atoms with Gasteiger partial charge in [0.1, 0.15) is 0 Å². The Morgan fingerprint density at radius 1 is 1.16 bits per heavy atom. The van der Waals surface area contributed by atoms with E-state index in [1.54, 1.807) is 5.57 Å². The van der Waals surface area contributed by atoms with E-state index in [1.165, 1.54) is 30.4 Å². The standard InChI is InChI=1S/C19H28/c1-14(2)16-7-6-8-17(13-16)15-9-11-18(12-10-15)19(3,4)5/h6-9,13-14,18H,10-12H2,1-5H3. The molecular formula is C19H28. The third-order valence-electron chi connectivity index (χ3n) is 4.56. The number of rotatable bonds is 2. The lowest BCUT2D eigenvalue weighted by atomic mass is 9.72. The molecule has 0 spiro atoms. The molecule has 0 bridgehead atoms. The minimum absolute atomic E-state index is 0.446. The third-order valence-corrected chi connectivity index (χ3v) is 4.56. The molecule has 0 heterocycles. The van der Waals surface area contributed by atoms with Crippen molar-refractivity contribution in [1.29, 1.82) is 0 Å². The van der Waals surface area contributed by atoms with Crippen molar-refractivity contribution in [2.24, 2.45) is 11.3 Å². The maximum absolute atomic E-state index is 2.48. The van der Waals surface area contributed by atoms with Gasteiger partial charge >= 0.3 is 0 Å². The smallest absolute Gasteiger partial charge is 0.0219 e. The first-order chi connectivity index (χ1) is 8.88. The second kappa shape index (κ2) is 5.53. The van der Waals surface area contributed by atoms with Crippen molar-refractivity contribution in [2.75, 3.05) is 0 Å². The molecule has 1 aromatic carbocycles. The van der Waals surface area contributed by atoms with Crippen LogP contribution in [0.4, 0.5) is 0 Å². The molecule has 0 nitrogen and oxygen atoms in total. The zero-order valence-corrected chi connectivity index (χ0v) is 13.2. The van der Waals surface area contributed by atoms with Crippen molar-refractivity contribution in [2.45, 2.75) is 59.8 Å². The fourth-order valence-electron chi connectivity index (χ4n) is 2.98. The van der Waals surface area contributed by atoms with Gasteiger partial charge in [0.05, 0.1) is 0 Å². The van der Waals surface area contributed by atoms with Crippen LogP contribution >= 0.6 is 0 Å². The van der Waals surface area contributed by atoms with Crippen molar-refractivity contribution >= 4 is 5.57 Å². The van der Waals surface area contributed by atoms with Gasteiger partial charge in [0.15, 0.2) is 0 Å². The van der Waals surface area contributed by atoms with Crippen LogP contribution in [0, 0.1) is 11.3 Å². The normalized spacial score (nSPS) is 20.5. The van der Waals surface area contributed by atoms with Gasteiger partial charge in [0.25, 0.3) is 0 Å². The molecule has 0 saturated heterocycles. The summed E-state index contributed by atoms with van der Waals surface area (Å²) in [6.45, 7) is 11.6. The summed E-state index contributed by atoms with van der Waals surface area (Å²) < 4.78 is 0. The fourth-order valence-corrected chi connectivity index (χ4v) is 2.98. The number of allylic oxidation sites excluding steroid dienone is 2. The summed E-state index contributed by atoms with van der Waals surface area (Å²) in [5, 5.41) is 0. The molecule has 0 aliphatic heterocycles. The summed E-state index contributed by atoms with van der Waals surface area (Å²) in [5.74, 6) is 1.45. The van der Waals surface area contributed by atoms with Gasteiger partial charge < -0.3 is 0 Å². The van der Waals surface area contributed by atoms with E-state index in [-0.39, 0.29) is 0 Å². The molecule has 2 rings (SSSR count). The van der Waals surface area contributed by atoms with E-state index >= 15 is 0 Å². The molecule has 1 atom stereocenters. The largest absolute Gasteiger partial charge is 0.0804 e. The predicted octanol–water partition coefficient (Wildman–Crippen LogP) is 6.04. The minimum Gasteiger partial charge on any atom is -0.0804 e. The molecule has 1 aromatic rings. The van der Waals surface area contributed by atoms with E-state index < -0.39 is 0 Å². The zero-order chi connectivity index (χ0) is 14.0. The monoisotopic (exact) mass is 256 g/mol. The van der Waals surface area contributed by atoms with Crippen LogP contribution in [0.3, 0.4) is 0 Å². The Balaban J connectivity index is 2.16. The molecule has 0 heteroatoms. The molecule has 1 unspecified atom stereocenters. The van der Waals surface area contributed by atoms with E-state index in [0.29, 0.717) is 11.3 Å². The molecule has 0 radical (unpaired) electrons. The van der Waals surface area contributed by atoms with Gasteiger partial charge in [-0.05, 0) is 53.2 Å². The summed E-state index contributed by atoms with van der Waals surface area (Å²) in [7, 11) is 0. The second-order valence-corrected chi connectivity index (χ2v) is 7.35. The van der Waals surface area contributed by atoms with Crippen LogP contribution in [0.25, 0.3) is 5.57 Å². The molecule has 104 valence electrons. The first-order valence-corrected chi connectivity index (χ1v) is 7.67. The molecule has 0 aromatic heterocycles. The van der Waals surface area contributed by atoms with Gasteiger partial charge in [0, 0.05) is 0 Å². The van der Waals surface area contributed by atoms with Crippen LogP contribution in [0.5, 0.6) is 0 Å². The van der Waals surface area contributed by atoms with Crippen LogP contribution in [0.1, 0.15) is 70.9 Å². The molecule has 0 amide bonds. The summed E-state index contributed by atoms with van der Waals surface area (Å²) in [4.78, 5) is 0. The number of hydrogen-bond donors (Lipinski definition) is 0. The highest BCUT2D eigenvalue weighted by Crippen LogP contribution is 2.39. The van der Waals surface area contributed by atoms with Crippen LogP contribution in [-0.4, -0.2) is 0 Å².